The van der Waals surface area contributed by atoms with E-state index in [2.05, 4.69) is 15.5 Å². The molecule has 0 saturated carbocycles. The molecule has 0 bridgehead atoms. The summed E-state index contributed by atoms with van der Waals surface area (Å²) in [5, 5.41) is 11.9. The molecule has 1 amide bonds. The van der Waals surface area contributed by atoms with E-state index in [-0.39, 0.29) is 11.7 Å². The molecule has 3 rings (SSSR count). The van der Waals surface area contributed by atoms with Crippen LogP contribution >= 0.6 is 23.4 Å². The summed E-state index contributed by atoms with van der Waals surface area (Å²) >= 11 is 7.18. The number of carbonyl (C=O) groups excluding carboxylic acids is 1. The van der Waals surface area contributed by atoms with Crippen LogP contribution in [0.5, 0.6) is 11.5 Å². The number of hydrogen-bond donors (Lipinski definition) is 2. The van der Waals surface area contributed by atoms with Crippen LogP contribution in [0.4, 0.5) is 5.69 Å². The lowest BCUT2D eigenvalue weighted by atomic mass is 10.2. The molecule has 1 aromatic heterocycles. The van der Waals surface area contributed by atoms with Crippen molar-refractivity contribution in [3.8, 4) is 22.9 Å². The third kappa shape index (κ3) is 4.49. The van der Waals surface area contributed by atoms with E-state index in [1.165, 1.54) is 23.5 Å². The number of nitrogen functional groups attached to an aromatic ring is 1. The van der Waals surface area contributed by atoms with Crippen LogP contribution in [-0.2, 0) is 4.79 Å². The van der Waals surface area contributed by atoms with Crippen LogP contribution < -0.4 is 20.6 Å². The number of halogens is 1. The summed E-state index contributed by atoms with van der Waals surface area (Å²) in [4.78, 5) is 12.3. The second kappa shape index (κ2) is 8.85. The van der Waals surface area contributed by atoms with Crippen LogP contribution in [0, 0.1) is 0 Å². The summed E-state index contributed by atoms with van der Waals surface area (Å²) < 4.78 is 11.7. The number of aromatic nitrogens is 3. The van der Waals surface area contributed by atoms with Crippen molar-refractivity contribution in [2.45, 2.75) is 5.16 Å². The molecule has 10 heteroatoms. The van der Waals surface area contributed by atoms with E-state index in [1.54, 1.807) is 43.5 Å². The molecule has 0 aliphatic rings. The third-order valence-corrected chi connectivity index (χ3v) is 4.93. The summed E-state index contributed by atoms with van der Waals surface area (Å²) in [7, 11) is 3.08. The van der Waals surface area contributed by atoms with E-state index in [1.807, 2.05) is 6.07 Å². The number of hydrogen-bond acceptors (Lipinski definition) is 7. The first-order chi connectivity index (χ1) is 13.5. The molecule has 0 aliphatic heterocycles. The van der Waals surface area contributed by atoms with Crippen molar-refractivity contribution in [1.29, 1.82) is 0 Å². The van der Waals surface area contributed by atoms with Crippen molar-refractivity contribution in [2.24, 2.45) is 0 Å². The molecule has 0 fully saturated rings. The largest absolute Gasteiger partial charge is 0.493 e. The summed E-state index contributed by atoms with van der Waals surface area (Å²) in [5.41, 5.74) is 1.33. The first-order valence-electron chi connectivity index (χ1n) is 8.13. The normalized spacial score (nSPS) is 10.5. The van der Waals surface area contributed by atoms with Crippen molar-refractivity contribution in [3.63, 3.8) is 0 Å². The lowest BCUT2D eigenvalue weighted by Crippen LogP contribution is -2.16. The number of nitrogens with two attached hydrogens (primary N) is 1. The van der Waals surface area contributed by atoms with Gasteiger partial charge in [-0.2, -0.15) is 0 Å². The Kier molecular flexibility index (Phi) is 6.27. The Morgan fingerprint density at radius 1 is 1.18 bits per heavy atom. The molecule has 0 radical (unpaired) electrons. The summed E-state index contributed by atoms with van der Waals surface area (Å²) in [6.07, 6.45) is 0. The fourth-order valence-corrected chi connectivity index (χ4v) is 3.29. The van der Waals surface area contributed by atoms with Crippen molar-refractivity contribution in [1.82, 2.24) is 14.9 Å². The number of anilines is 1. The predicted octanol–water partition coefficient (Wildman–Crippen LogP) is 3.06. The smallest absolute Gasteiger partial charge is 0.234 e. The SMILES string of the molecule is COc1ccc(NC(=O)CSc2nnc(-c3cccc(Cl)c3)n2N)cc1OC. The number of rotatable bonds is 7. The molecule has 28 heavy (non-hydrogen) atoms. The quantitative estimate of drug-likeness (QED) is 0.448. The first-order valence-corrected chi connectivity index (χ1v) is 9.49. The highest BCUT2D eigenvalue weighted by Crippen LogP contribution is 2.30. The van der Waals surface area contributed by atoms with E-state index in [0.717, 1.165) is 5.56 Å². The summed E-state index contributed by atoms with van der Waals surface area (Å²) in [6, 6.07) is 12.3. The summed E-state index contributed by atoms with van der Waals surface area (Å²) in [6.45, 7) is 0. The second-order valence-electron chi connectivity index (χ2n) is 5.59. The van der Waals surface area contributed by atoms with Gasteiger partial charge in [0.15, 0.2) is 17.3 Å². The highest BCUT2D eigenvalue weighted by atomic mass is 35.5. The molecule has 0 saturated heterocycles. The van der Waals surface area contributed by atoms with Gasteiger partial charge in [0.2, 0.25) is 11.1 Å². The Labute approximate surface area is 171 Å². The molecule has 1 heterocycles. The van der Waals surface area contributed by atoms with Gasteiger partial charge in [-0.1, -0.05) is 35.5 Å². The minimum atomic E-state index is -0.218. The fraction of sp³-hybridized carbons (Fsp3) is 0.167. The van der Waals surface area contributed by atoms with Gasteiger partial charge in [-0.25, -0.2) is 4.68 Å². The molecule has 0 atom stereocenters. The number of amides is 1. The van der Waals surface area contributed by atoms with E-state index in [4.69, 9.17) is 26.9 Å². The van der Waals surface area contributed by atoms with Gasteiger partial charge < -0.3 is 20.6 Å². The molecular weight excluding hydrogens is 402 g/mol. The van der Waals surface area contributed by atoms with Gasteiger partial charge in [0.1, 0.15) is 0 Å². The van der Waals surface area contributed by atoms with Crippen molar-refractivity contribution < 1.29 is 14.3 Å². The van der Waals surface area contributed by atoms with Gasteiger partial charge in [-0.05, 0) is 24.3 Å². The molecule has 146 valence electrons. The minimum absolute atomic E-state index is 0.110. The van der Waals surface area contributed by atoms with Gasteiger partial charge in [-0.15, -0.1) is 10.2 Å². The zero-order valence-corrected chi connectivity index (χ0v) is 16.8. The number of methoxy groups -OCH3 is 2. The van der Waals surface area contributed by atoms with E-state index in [0.29, 0.717) is 33.2 Å². The van der Waals surface area contributed by atoms with Crippen LogP contribution in [0.1, 0.15) is 0 Å². The number of thioether (sulfide) groups is 1. The number of benzene rings is 2. The number of ether oxygens (including phenoxy) is 2. The van der Waals surface area contributed by atoms with Crippen LogP contribution in [0.2, 0.25) is 5.02 Å². The minimum Gasteiger partial charge on any atom is -0.493 e. The van der Waals surface area contributed by atoms with Gasteiger partial charge in [-0.3, -0.25) is 4.79 Å². The molecule has 2 aromatic carbocycles. The Morgan fingerprint density at radius 2 is 1.96 bits per heavy atom. The van der Waals surface area contributed by atoms with E-state index < -0.39 is 0 Å². The monoisotopic (exact) mass is 419 g/mol. The maximum atomic E-state index is 12.3. The van der Waals surface area contributed by atoms with Gasteiger partial charge in [0.25, 0.3) is 0 Å². The zero-order valence-electron chi connectivity index (χ0n) is 15.2. The summed E-state index contributed by atoms with van der Waals surface area (Å²) in [5.74, 6) is 7.53. The topological polar surface area (TPSA) is 104 Å². The Balaban J connectivity index is 1.64. The average molecular weight is 420 g/mol. The van der Waals surface area contributed by atoms with Crippen molar-refractivity contribution in [3.05, 3.63) is 47.5 Å². The fourth-order valence-electron chi connectivity index (χ4n) is 2.44. The number of carbonyl (C=O) groups is 1. The molecule has 0 aliphatic carbocycles. The first kappa shape index (κ1) is 19.8. The standard InChI is InChI=1S/C18H18ClN5O3S/c1-26-14-7-6-13(9-15(14)27-2)21-16(25)10-28-18-23-22-17(24(18)20)11-4-3-5-12(19)8-11/h3-9H,10,20H2,1-2H3,(H,21,25). The molecule has 0 spiro atoms. The lowest BCUT2D eigenvalue weighted by molar-refractivity contribution is -0.113. The van der Waals surface area contributed by atoms with Gasteiger partial charge in [0.05, 0.1) is 20.0 Å². The van der Waals surface area contributed by atoms with Crippen LogP contribution in [0.15, 0.2) is 47.6 Å². The van der Waals surface area contributed by atoms with E-state index >= 15 is 0 Å². The highest BCUT2D eigenvalue weighted by molar-refractivity contribution is 7.99. The van der Waals surface area contributed by atoms with Crippen molar-refractivity contribution in [2.75, 3.05) is 31.1 Å². The lowest BCUT2D eigenvalue weighted by Gasteiger charge is -2.10. The Morgan fingerprint density at radius 3 is 2.68 bits per heavy atom. The zero-order chi connectivity index (χ0) is 20.1. The average Bonchev–Trinajstić information content (AvgIpc) is 3.06. The van der Waals surface area contributed by atoms with Crippen molar-refractivity contribution >= 4 is 35.0 Å². The predicted molar refractivity (Wildman–Crippen MR) is 110 cm³/mol. The number of nitrogens with one attached hydrogen (secondary N) is 1. The highest BCUT2D eigenvalue weighted by Gasteiger charge is 2.14. The van der Waals surface area contributed by atoms with Crippen LogP contribution in [0.3, 0.4) is 0 Å². The van der Waals surface area contributed by atoms with Crippen LogP contribution in [0.25, 0.3) is 11.4 Å². The maximum absolute atomic E-state index is 12.3. The van der Waals surface area contributed by atoms with Gasteiger partial charge in [0, 0.05) is 22.3 Å². The Hall–Kier alpha value is -2.91. The molecule has 0 unspecified atom stereocenters. The van der Waals surface area contributed by atoms with E-state index in [9.17, 15) is 4.79 Å². The molecule has 3 aromatic rings. The second-order valence-corrected chi connectivity index (χ2v) is 6.97. The number of nitrogens with zero attached hydrogens (tertiary/aromatic N) is 3. The third-order valence-electron chi connectivity index (χ3n) is 3.75. The van der Waals surface area contributed by atoms with Gasteiger partial charge >= 0.3 is 0 Å². The molecular formula is C18H18ClN5O3S. The molecule has 8 nitrogen and oxygen atoms in total. The maximum Gasteiger partial charge on any atom is 0.234 e. The molecule has 3 N–H and O–H groups in total. The van der Waals surface area contributed by atoms with Crippen LogP contribution in [-0.4, -0.2) is 40.8 Å². The Bertz CT molecular complexity index is 995.